The van der Waals surface area contributed by atoms with Gasteiger partial charge in [-0.3, -0.25) is 4.79 Å². The number of nitrogens with one attached hydrogen (secondary N) is 1. The number of amides is 1. The zero-order chi connectivity index (χ0) is 63.3. The summed E-state index contributed by atoms with van der Waals surface area (Å²) in [6.07, 6.45) is 33.3. The lowest BCUT2D eigenvalue weighted by Crippen LogP contribution is -2.66. The molecule has 0 aromatic heterocycles. The van der Waals surface area contributed by atoms with Gasteiger partial charge in [-0.15, -0.1) is 0 Å². The van der Waals surface area contributed by atoms with Crippen molar-refractivity contribution in [3.8, 4) is 0 Å². The van der Waals surface area contributed by atoms with E-state index in [-0.39, 0.29) is 18.9 Å². The van der Waals surface area contributed by atoms with Crippen LogP contribution in [0.2, 0.25) is 0 Å². The highest BCUT2D eigenvalue weighted by Gasteiger charge is 2.53. The van der Waals surface area contributed by atoms with Crippen LogP contribution in [0.5, 0.6) is 0 Å². The maximum atomic E-state index is 13.4. The van der Waals surface area contributed by atoms with Crippen LogP contribution in [0.4, 0.5) is 0 Å². The lowest BCUT2D eigenvalue weighted by atomic mass is 9.96. The van der Waals surface area contributed by atoms with Gasteiger partial charge in [-0.05, 0) is 77.0 Å². The second kappa shape index (κ2) is 50.1. The van der Waals surface area contributed by atoms with E-state index in [1.807, 2.05) is 6.08 Å². The van der Waals surface area contributed by atoms with E-state index in [2.05, 4.69) is 67.8 Å². The molecule has 87 heavy (non-hydrogen) atoms. The van der Waals surface area contributed by atoms with Crippen LogP contribution in [0.25, 0.3) is 0 Å². The van der Waals surface area contributed by atoms with Crippen molar-refractivity contribution in [2.45, 2.75) is 336 Å². The van der Waals surface area contributed by atoms with Crippen LogP contribution in [0.1, 0.15) is 232 Å². The molecule has 0 bridgehead atoms. The van der Waals surface area contributed by atoms with Crippen molar-refractivity contribution in [1.29, 1.82) is 0 Å². The highest BCUT2D eigenvalue weighted by atomic mass is 16.8. The fraction of sp³-hybridized carbons (Fsp3) is 0.838. The molecule has 506 valence electrons. The molecule has 3 saturated heterocycles. The van der Waals surface area contributed by atoms with Gasteiger partial charge in [-0.25, -0.2) is 0 Å². The van der Waals surface area contributed by atoms with Gasteiger partial charge in [-0.2, -0.15) is 0 Å². The topological polar surface area (TPSA) is 307 Å². The molecule has 3 fully saturated rings. The summed E-state index contributed by atoms with van der Waals surface area (Å²) in [4.78, 5) is 13.4. The summed E-state index contributed by atoms with van der Waals surface area (Å²) in [5.41, 5.74) is 0. The Kier molecular flexibility index (Phi) is 45.3. The third-order valence-corrected chi connectivity index (χ3v) is 16.8. The van der Waals surface area contributed by atoms with E-state index in [4.69, 9.17) is 28.4 Å². The molecule has 17 atom stereocenters. The van der Waals surface area contributed by atoms with E-state index in [0.29, 0.717) is 12.8 Å². The number of unbranched alkanes of at least 4 members (excludes halogenated alkanes) is 27. The summed E-state index contributed by atoms with van der Waals surface area (Å²) >= 11 is 0. The van der Waals surface area contributed by atoms with Crippen molar-refractivity contribution in [2.24, 2.45) is 0 Å². The van der Waals surface area contributed by atoms with Gasteiger partial charge in [0.05, 0.1) is 38.6 Å². The van der Waals surface area contributed by atoms with Crippen LogP contribution < -0.4 is 5.32 Å². The first-order chi connectivity index (χ1) is 42.3. The minimum atomic E-state index is -1.98. The SMILES string of the molecule is CCCCCCC/C=C\C/C=C\CCCCCCCCCCCCCC(=O)NC(COC1OC(CO)C(OC2OC(CO)C(OC3OC(CO)C(O)C(O)C3O)C(O)C2O)C(O)C1O)C(O)/C=C/CC/C=C/CC/C=C/CCCCCCCCCCC. The van der Waals surface area contributed by atoms with Crippen LogP contribution in [0.3, 0.4) is 0 Å². The van der Waals surface area contributed by atoms with Crippen molar-refractivity contribution >= 4 is 5.91 Å². The molecule has 0 aromatic carbocycles. The van der Waals surface area contributed by atoms with E-state index < -0.39 is 124 Å². The van der Waals surface area contributed by atoms with Crippen molar-refractivity contribution in [2.75, 3.05) is 26.4 Å². The van der Waals surface area contributed by atoms with Crippen molar-refractivity contribution in [3.05, 3.63) is 60.8 Å². The van der Waals surface area contributed by atoms with Gasteiger partial charge < -0.3 is 89.9 Å². The predicted octanol–water partition coefficient (Wildman–Crippen LogP) is 8.38. The summed E-state index contributed by atoms with van der Waals surface area (Å²) in [6, 6.07) is -1.000. The van der Waals surface area contributed by atoms with Gasteiger partial charge in [-0.1, -0.05) is 209 Å². The summed E-state index contributed by atoms with van der Waals surface area (Å²) in [5.74, 6) is -0.292. The fourth-order valence-electron chi connectivity index (χ4n) is 11.2. The Hall–Kier alpha value is -2.51. The first-order valence-electron chi connectivity index (χ1n) is 34.0. The number of allylic oxidation sites excluding steroid dienone is 9. The smallest absolute Gasteiger partial charge is 0.220 e. The molecule has 19 heteroatoms. The molecule has 17 unspecified atom stereocenters. The molecule has 0 spiro atoms. The zero-order valence-electron chi connectivity index (χ0n) is 53.2. The van der Waals surface area contributed by atoms with Crippen LogP contribution in [-0.4, -0.2) is 193 Å². The minimum absolute atomic E-state index is 0.228. The molecule has 0 aliphatic carbocycles. The average molecular weight is 1240 g/mol. The van der Waals surface area contributed by atoms with Gasteiger partial charge in [0, 0.05) is 6.42 Å². The molecular weight excluding hydrogens is 1120 g/mol. The van der Waals surface area contributed by atoms with Gasteiger partial charge in [0.15, 0.2) is 18.9 Å². The maximum absolute atomic E-state index is 13.4. The predicted molar refractivity (Wildman–Crippen MR) is 337 cm³/mol. The molecule has 3 heterocycles. The zero-order valence-corrected chi connectivity index (χ0v) is 53.2. The first kappa shape index (κ1) is 78.7. The van der Waals surface area contributed by atoms with Gasteiger partial charge in [0.1, 0.15) is 73.2 Å². The van der Waals surface area contributed by atoms with Crippen molar-refractivity contribution < 1.29 is 89.4 Å². The number of carbonyl (C=O) groups is 1. The molecule has 3 rings (SSSR count). The molecule has 0 aromatic rings. The highest BCUT2D eigenvalue weighted by molar-refractivity contribution is 5.76. The normalized spacial score (nSPS) is 29.0. The summed E-state index contributed by atoms with van der Waals surface area (Å²) in [5, 5.41) is 120. The molecule has 3 aliphatic heterocycles. The van der Waals surface area contributed by atoms with E-state index >= 15 is 0 Å². The molecule has 1 amide bonds. The molecular formula is C68H121NO18. The van der Waals surface area contributed by atoms with Crippen molar-refractivity contribution in [3.63, 3.8) is 0 Å². The number of rotatable bonds is 51. The lowest BCUT2D eigenvalue weighted by molar-refractivity contribution is -0.379. The second-order valence-corrected chi connectivity index (χ2v) is 24.3. The van der Waals surface area contributed by atoms with Crippen LogP contribution in [-0.2, 0) is 33.2 Å². The van der Waals surface area contributed by atoms with Crippen LogP contribution in [0, 0.1) is 0 Å². The number of aliphatic hydroxyl groups excluding tert-OH is 11. The third kappa shape index (κ3) is 32.6. The van der Waals surface area contributed by atoms with Crippen LogP contribution in [0.15, 0.2) is 60.8 Å². The standard InChI is InChI=1S/C68H121NO18/c1-3-5-7-9-11-13-15-17-19-21-23-24-25-26-28-30-32-34-36-38-40-42-44-46-56(74)69-51(52(73)45-43-41-39-37-35-33-31-29-27-22-20-18-16-14-12-10-8-6-4-2)50-82-66-62(80)59(77)64(54(48-71)84-66)87-68-63(81)60(78)65(55(49-72)85-68)86-67-61(79)58(76)57(75)53(47-70)83-67/h15,17,21,23,27,29,35,37,43,45,51-55,57-68,70-73,75-81H,3-14,16,18-20,22,24-26,28,30-34,36,38-42,44,46-50H2,1-2H3,(H,69,74)/b17-15-,23-21-,29-27+,37-35+,45-43+. The molecule has 19 nitrogen and oxygen atoms in total. The number of aliphatic hydroxyl groups is 11. The molecule has 12 N–H and O–H groups in total. The average Bonchev–Trinajstić information content (AvgIpc) is 2.58. The maximum Gasteiger partial charge on any atom is 0.220 e. The van der Waals surface area contributed by atoms with E-state index in [0.717, 1.165) is 64.2 Å². The lowest BCUT2D eigenvalue weighted by Gasteiger charge is -2.48. The number of ether oxygens (including phenoxy) is 6. The monoisotopic (exact) mass is 1240 g/mol. The summed E-state index contributed by atoms with van der Waals surface area (Å²) in [7, 11) is 0. The first-order valence-corrected chi connectivity index (χ1v) is 34.0. The summed E-state index contributed by atoms with van der Waals surface area (Å²) < 4.78 is 34.3. The Bertz CT molecular complexity index is 1820. The Morgan fingerprint density at radius 2 is 0.770 bits per heavy atom. The molecule has 0 saturated carbocycles. The van der Waals surface area contributed by atoms with E-state index in [1.165, 1.54) is 135 Å². The summed E-state index contributed by atoms with van der Waals surface area (Å²) in [6.45, 7) is 1.69. The number of hydrogen-bond acceptors (Lipinski definition) is 18. The van der Waals surface area contributed by atoms with Gasteiger partial charge in [0.2, 0.25) is 5.91 Å². The Labute approximate surface area is 522 Å². The van der Waals surface area contributed by atoms with Crippen molar-refractivity contribution in [1.82, 2.24) is 5.32 Å². The quantitative estimate of drug-likeness (QED) is 0.0201. The van der Waals surface area contributed by atoms with Crippen LogP contribution >= 0.6 is 0 Å². The third-order valence-electron chi connectivity index (χ3n) is 16.8. The second-order valence-electron chi connectivity index (χ2n) is 24.3. The van der Waals surface area contributed by atoms with Gasteiger partial charge >= 0.3 is 0 Å². The minimum Gasteiger partial charge on any atom is -0.394 e. The largest absolute Gasteiger partial charge is 0.394 e. The Morgan fingerprint density at radius 3 is 1.22 bits per heavy atom. The molecule has 3 aliphatic rings. The van der Waals surface area contributed by atoms with E-state index in [1.54, 1.807) is 6.08 Å². The Morgan fingerprint density at radius 1 is 0.414 bits per heavy atom. The van der Waals surface area contributed by atoms with Gasteiger partial charge in [0.25, 0.3) is 0 Å². The molecule has 0 radical (unpaired) electrons. The number of hydrogen-bond donors (Lipinski definition) is 12. The number of carbonyl (C=O) groups excluding carboxylic acids is 1. The Balaban J connectivity index is 1.47. The fourth-order valence-corrected chi connectivity index (χ4v) is 11.2. The van der Waals surface area contributed by atoms with E-state index in [9.17, 15) is 61.0 Å². The highest BCUT2D eigenvalue weighted by Crippen LogP contribution is 2.33.